The molecule has 1 aromatic heterocycles. The molecule has 0 aliphatic carbocycles. The minimum absolute atomic E-state index is 0.0375. The Hall–Kier alpha value is -3.06. The van der Waals surface area contributed by atoms with Crippen molar-refractivity contribution in [1.82, 2.24) is 19.8 Å². The SMILES string of the molecule is COc1cccc(OCC(=O)NCCc2nc3ccccc3n2CCN(C)C)c1. The number of para-hydroxylation sites is 2. The van der Waals surface area contributed by atoms with Gasteiger partial charge in [-0.2, -0.15) is 0 Å². The number of carbonyl (C=O) groups is 1. The van der Waals surface area contributed by atoms with Crippen molar-refractivity contribution in [3.8, 4) is 11.5 Å². The van der Waals surface area contributed by atoms with Gasteiger partial charge in [0.05, 0.1) is 18.1 Å². The second-order valence-corrected chi connectivity index (χ2v) is 7.04. The van der Waals surface area contributed by atoms with Gasteiger partial charge in [-0.3, -0.25) is 4.79 Å². The molecule has 0 aliphatic heterocycles. The number of likely N-dealkylation sites (N-methyl/N-ethyl adjacent to an activating group) is 1. The summed E-state index contributed by atoms with van der Waals surface area (Å²) >= 11 is 0. The van der Waals surface area contributed by atoms with Gasteiger partial charge in [0, 0.05) is 32.1 Å². The molecule has 3 rings (SSSR count). The summed E-state index contributed by atoms with van der Waals surface area (Å²) in [6.45, 7) is 2.25. The summed E-state index contributed by atoms with van der Waals surface area (Å²) in [5.41, 5.74) is 2.10. The number of hydrogen-bond donors (Lipinski definition) is 1. The van der Waals surface area contributed by atoms with Crippen molar-refractivity contribution in [2.24, 2.45) is 0 Å². The van der Waals surface area contributed by atoms with Crippen LogP contribution in [0.3, 0.4) is 0 Å². The van der Waals surface area contributed by atoms with Crippen molar-refractivity contribution in [3.63, 3.8) is 0 Å². The lowest BCUT2D eigenvalue weighted by molar-refractivity contribution is -0.123. The Morgan fingerprint density at radius 2 is 1.93 bits per heavy atom. The predicted molar refractivity (Wildman–Crippen MR) is 113 cm³/mol. The molecule has 154 valence electrons. The second-order valence-electron chi connectivity index (χ2n) is 7.04. The molecule has 0 saturated carbocycles. The monoisotopic (exact) mass is 396 g/mol. The van der Waals surface area contributed by atoms with Crippen LogP contribution in [0.5, 0.6) is 11.5 Å². The maximum atomic E-state index is 12.1. The molecule has 1 N–H and O–H groups in total. The molecule has 0 fully saturated rings. The van der Waals surface area contributed by atoms with Crippen LogP contribution >= 0.6 is 0 Å². The van der Waals surface area contributed by atoms with E-state index in [1.54, 1.807) is 19.2 Å². The zero-order valence-corrected chi connectivity index (χ0v) is 17.2. The van der Waals surface area contributed by atoms with Gasteiger partial charge >= 0.3 is 0 Å². The lowest BCUT2D eigenvalue weighted by atomic mass is 10.3. The number of nitrogens with one attached hydrogen (secondary N) is 1. The Morgan fingerprint density at radius 3 is 2.72 bits per heavy atom. The molecule has 2 aromatic carbocycles. The van der Waals surface area contributed by atoms with Crippen molar-refractivity contribution < 1.29 is 14.3 Å². The van der Waals surface area contributed by atoms with Crippen molar-refractivity contribution in [2.45, 2.75) is 13.0 Å². The smallest absolute Gasteiger partial charge is 0.257 e. The minimum Gasteiger partial charge on any atom is -0.497 e. The van der Waals surface area contributed by atoms with E-state index in [9.17, 15) is 4.79 Å². The van der Waals surface area contributed by atoms with Gasteiger partial charge in [0.1, 0.15) is 17.3 Å². The third kappa shape index (κ3) is 5.71. The average Bonchev–Trinajstić information content (AvgIpc) is 3.08. The van der Waals surface area contributed by atoms with Gasteiger partial charge in [-0.15, -0.1) is 0 Å². The molecule has 1 heterocycles. The predicted octanol–water partition coefficient (Wildman–Crippen LogP) is 2.34. The van der Waals surface area contributed by atoms with Crippen LogP contribution in [0.2, 0.25) is 0 Å². The Kier molecular flexibility index (Phi) is 7.08. The maximum absolute atomic E-state index is 12.1. The Bertz CT molecular complexity index is 952. The number of rotatable bonds is 10. The van der Waals surface area contributed by atoms with Gasteiger partial charge in [0.2, 0.25) is 0 Å². The molecule has 7 nitrogen and oxygen atoms in total. The molecule has 0 saturated heterocycles. The number of carbonyl (C=O) groups excluding carboxylic acids is 1. The van der Waals surface area contributed by atoms with E-state index in [4.69, 9.17) is 14.5 Å². The van der Waals surface area contributed by atoms with Crippen LogP contribution in [0.25, 0.3) is 11.0 Å². The van der Waals surface area contributed by atoms with E-state index in [1.165, 1.54) is 0 Å². The van der Waals surface area contributed by atoms with E-state index < -0.39 is 0 Å². The topological polar surface area (TPSA) is 68.6 Å². The fraction of sp³-hybridized carbons (Fsp3) is 0.364. The number of ether oxygens (including phenoxy) is 2. The summed E-state index contributed by atoms with van der Waals surface area (Å²) in [5, 5.41) is 2.91. The molecule has 1 amide bonds. The molecule has 0 aliphatic rings. The Labute approximate surface area is 171 Å². The number of aromatic nitrogens is 2. The maximum Gasteiger partial charge on any atom is 0.257 e. The highest BCUT2D eigenvalue weighted by atomic mass is 16.5. The van der Waals surface area contributed by atoms with E-state index in [2.05, 4.69) is 34.9 Å². The van der Waals surface area contributed by atoms with Crippen molar-refractivity contribution in [1.29, 1.82) is 0 Å². The molecule has 3 aromatic rings. The minimum atomic E-state index is -0.163. The lowest BCUT2D eigenvalue weighted by Crippen LogP contribution is -2.31. The van der Waals surface area contributed by atoms with Crippen molar-refractivity contribution in [2.75, 3.05) is 40.9 Å². The molecule has 0 atom stereocenters. The molecule has 0 bridgehead atoms. The van der Waals surface area contributed by atoms with Gasteiger partial charge in [-0.1, -0.05) is 18.2 Å². The zero-order valence-electron chi connectivity index (χ0n) is 17.2. The fourth-order valence-electron chi connectivity index (χ4n) is 3.07. The summed E-state index contributed by atoms with van der Waals surface area (Å²) in [5.74, 6) is 2.11. The highest BCUT2D eigenvalue weighted by molar-refractivity contribution is 5.77. The second kappa shape index (κ2) is 9.93. The summed E-state index contributed by atoms with van der Waals surface area (Å²) in [6, 6.07) is 15.3. The van der Waals surface area contributed by atoms with Crippen LogP contribution in [-0.2, 0) is 17.8 Å². The molecule has 0 spiro atoms. The lowest BCUT2D eigenvalue weighted by Gasteiger charge is -2.13. The zero-order chi connectivity index (χ0) is 20.6. The van der Waals surface area contributed by atoms with Gasteiger partial charge < -0.3 is 24.3 Å². The number of amides is 1. The number of methoxy groups -OCH3 is 1. The molecular formula is C22H28N4O3. The number of imidazole rings is 1. The number of nitrogens with zero attached hydrogens (tertiary/aromatic N) is 3. The van der Waals surface area contributed by atoms with E-state index in [-0.39, 0.29) is 12.5 Å². The van der Waals surface area contributed by atoms with E-state index in [0.29, 0.717) is 24.5 Å². The summed E-state index contributed by atoms with van der Waals surface area (Å²) in [6.07, 6.45) is 0.660. The van der Waals surface area contributed by atoms with Crippen LogP contribution in [0.4, 0.5) is 0 Å². The summed E-state index contributed by atoms with van der Waals surface area (Å²) < 4.78 is 12.9. The van der Waals surface area contributed by atoms with Gasteiger partial charge in [0.25, 0.3) is 5.91 Å². The van der Waals surface area contributed by atoms with Gasteiger partial charge in [0.15, 0.2) is 6.61 Å². The molecular weight excluding hydrogens is 368 g/mol. The van der Waals surface area contributed by atoms with Gasteiger partial charge in [-0.05, 0) is 38.4 Å². The van der Waals surface area contributed by atoms with Crippen molar-refractivity contribution >= 4 is 16.9 Å². The molecule has 7 heteroatoms. The number of hydrogen-bond acceptors (Lipinski definition) is 5. The first-order valence-corrected chi connectivity index (χ1v) is 9.69. The summed E-state index contributed by atoms with van der Waals surface area (Å²) in [4.78, 5) is 19.0. The standard InChI is InChI=1S/C22H28N4O3/c1-25(2)13-14-26-20-10-5-4-9-19(20)24-21(26)11-12-23-22(27)16-29-18-8-6-7-17(15-18)28-3/h4-10,15H,11-14,16H2,1-3H3,(H,23,27). The molecule has 0 radical (unpaired) electrons. The van der Waals surface area contributed by atoms with Crippen LogP contribution in [-0.4, -0.2) is 61.3 Å². The number of fused-ring (bicyclic) bond motifs is 1. The fourth-order valence-corrected chi connectivity index (χ4v) is 3.07. The van der Waals surface area contributed by atoms with E-state index >= 15 is 0 Å². The largest absolute Gasteiger partial charge is 0.497 e. The van der Waals surface area contributed by atoms with E-state index in [1.807, 2.05) is 30.3 Å². The number of benzene rings is 2. The Morgan fingerprint density at radius 1 is 1.14 bits per heavy atom. The van der Waals surface area contributed by atoms with Crippen LogP contribution in [0, 0.1) is 0 Å². The summed E-state index contributed by atoms with van der Waals surface area (Å²) in [7, 11) is 5.71. The van der Waals surface area contributed by atoms with Crippen LogP contribution in [0.1, 0.15) is 5.82 Å². The first-order chi connectivity index (χ1) is 14.1. The van der Waals surface area contributed by atoms with Gasteiger partial charge in [-0.25, -0.2) is 4.98 Å². The van der Waals surface area contributed by atoms with Crippen LogP contribution < -0.4 is 14.8 Å². The van der Waals surface area contributed by atoms with Crippen molar-refractivity contribution in [3.05, 3.63) is 54.4 Å². The molecule has 29 heavy (non-hydrogen) atoms. The molecule has 0 unspecified atom stereocenters. The van der Waals surface area contributed by atoms with Crippen LogP contribution in [0.15, 0.2) is 48.5 Å². The normalized spacial score (nSPS) is 11.0. The first-order valence-electron chi connectivity index (χ1n) is 9.69. The average molecular weight is 396 g/mol. The van der Waals surface area contributed by atoms with E-state index in [0.717, 1.165) is 29.9 Å². The quantitative estimate of drug-likeness (QED) is 0.570. The highest BCUT2D eigenvalue weighted by Crippen LogP contribution is 2.19. The first kappa shape index (κ1) is 20.7. The Balaban J connectivity index is 1.54. The third-order valence-corrected chi connectivity index (χ3v) is 4.59. The third-order valence-electron chi connectivity index (χ3n) is 4.59. The highest BCUT2D eigenvalue weighted by Gasteiger charge is 2.11.